The van der Waals surface area contributed by atoms with Gasteiger partial charge in [0.2, 0.25) is 5.89 Å². The van der Waals surface area contributed by atoms with Crippen LogP contribution in [0.5, 0.6) is 0 Å². The second-order valence-electron chi connectivity index (χ2n) is 4.52. The van der Waals surface area contributed by atoms with Gasteiger partial charge in [-0.15, -0.1) is 0 Å². The van der Waals surface area contributed by atoms with Gasteiger partial charge < -0.3 is 4.42 Å². The number of aromatic nitrogens is 1. The van der Waals surface area contributed by atoms with Crippen molar-refractivity contribution in [3.05, 3.63) is 47.1 Å². The van der Waals surface area contributed by atoms with Crippen LogP contribution in [0.3, 0.4) is 0 Å². The highest BCUT2D eigenvalue weighted by Crippen LogP contribution is 2.21. The zero-order chi connectivity index (χ0) is 14.0. The molecular weight excluding hydrogens is 286 g/mol. The van der Waals surface area contributed by atoms with Crippen molar-refractivity contribution in [2.45, 2.75) is 30.4 Å². The predicted octanol–water partition coefficient (Wildman–Crippen LogP) is 3.43. The Morgan fingerprint density at radius 3 is 2.42 bits per heavy atom. The van der Waals surface area contributed by atoms with Gasteiger partial charge in [0.25, 0.3) is 0 Å². The quantitative estimate of drug-likeness (QED) is 0.868. The van der Waals surface area contributed by atoms with Crippen molar-refractivity contribution in [2.24, 2.45) is 0 Å². The second-order valence-corrected chi connectivity index (χ2v) is 6.95. The highest BCUT2D eigenvalue weighted by Gasteiger charge is 2.19. The van der Waals surface area contributed by atoms with Gasteiger partial charge in [0.05, 0.1) is 11.1 Å². The smallest absolute Gasteiger partial charge is 0.209 e. The Morgan fingerprint density at radius 1 is 1.26 bits per heavy atom. The summed E-state index contributed by atoms with van der Waals surface area (Å²) in [5.74, 6) is 0.820. The highest BCUT2D eigenvalue weighted by atomic mass is 35.5. The first-order chi connectivity index (χ1) is 8.88. The van der Waals surface area contributed by atoms with Crippen LogP contribution in [0.2, 0.25) is 5.02 Å². The minimum Gasteiger partial charge on any atom is -0.444 e. The van der Waals surface area contributed by atoms with Crippen LogP contribution in [0.25, 0.3) is 0 Å². The molecular formula is C13H14ClNO3S. The minimum absolute atomic E-state index is 0.180. The average molecular weight is 300 g/mol. The fourth-order valence-corrected chi connectivity index (χ4v) is 2.85. The Bertz CT molecular complexity index is 659. The molecule has 0 N–H and O–H groups in total. The first-order valence-electron chi connectivity index (χ1n) is 5.81. The summed E-state index contributed by atoms with van der Waals surface area (Å²) in [6.45, 7) is 3.91. The van der Waals surface area contributed by atoms with Gasteiger partial charge in [-0.05, 0) is 24.3 Å². The molecule has 0 aliphatic carbocycles. The van der Waals surface area contributed by atoms with E-state index in [1.165, 1.54) is 12.1 Å². The van der Waals surface area contributed by atoms with E-state index in [9.17, 15) is 8.42 Å². The summed E-state index contributed by atoms with van der Waals surface area (Å²) in [4.78, 5) is 4.20. The first kappa shape index (κ1) is 14.1. The molecule has 0 amide bonds. The van der Waals surface area contributed by atoms with Crippen molar-refractivity contribution < 1.29 is 12.8 Å². The standard InChI is InChI=1S/C13H14ClNO3S/c1-9(2)12-7-15-13(18-12)8-19(16,17)11-5-3-10(14)4-6-11/h3-7,9H,8H2,1-2H3. The van der Waals surface area contributed by atoms with Crippen molar-refractivity contribution in [3.8, 4) is 0 Å². The molecule has 102 valence electrons. The lowest BCUT2D eigenvalue weighted by atomic mass is 10.2. The number of hydrogen-bond donors (Lipinski definition) is 0. The summed E-state index contributed by atoms with van der Waals surface area (Å²) in [6.07, 6.45) is 1.57. The largest absolute Gasteiger partial charge is 0.444 e. The van der Waals surface area contributed by atoms with Crippen LogP contribution >= 0.6 is 11.6 Å². The van der Waals surface area contributed by atoms with E-state index in [1.54, 1.807) is 18.3 Å². The Hall–Kier alpha value is -1.33. The Balaban J connectivity index is 2.23. The van der Waals surface area contributed by atoms with Crippen LogP contribution in [0.15, 0.2) is 39.8 Å². The Morgan fingerprint density at radius 2 is 1.89 bits per heavy atom. The van der Waals surface area contributed by atoms with Crippen molar-refractivity contribution in [1.82, 2.24) is 4.98 Å². The SMILES string of the molecule is CC(C)c1cnc(CS(=O)(=O)c2ccc(Cl)cc2)o1. The lowest BCUT2D eigenvalue weighted by molar-refractivity contribution is 0.450. The number of hydrogen-bond acceptors (Lipinski definition) is 4. The van der Waals surface area contributed by atoms with Crippen molar-refractivity contribution in [3.63, 3.8) is 0 Å². The van der Waals surface area contributed by atoms with E-state index in [0.29, 0.717) is 10.8 Å². The summed E-state index contributed by atoms with van der Waals surface area (Å²) in [5.41, 5.74) is 0. The van der Waals surface area contributed by atoms with E-state index in [0.717, 1.165) is 0 Å². The number of halogens is 1. The molecule has 0 bridgehead atoms. The van der Waals surface area contributed by atoms with E-state index >= 15 is 0 Å². The molecule has 0 aliphatic heterocycles. The molecule has 2 aromatic rings. The monoisotopic (exact) mass is 299 g/mol. The fourth-order valence-electron chi connectivity index (χ4n) is 1.55. The molecule has 2 rings (SSSR count). The minimum atomic E-state index is -3.46. The fraction of sp³-hybridized carbons (Fsp3) is 0.308. The average Bonchev–Trinajstić information content (AvgIpc) is 2.77. The summed E-state index contributed by atoms with van der Waals surface area (Å²) in [5, 5.41) is 0.497. The van der Waals surface area contributed by atoms with Crippen LogP contribution in [0.4, 0.5) is 0 Å². The maximum atomic E-state index is 12.1. The van der Waals surface area contributed by atoms with Crippen molar-refractivity contribution in [1.29, 1.82) is 0 Å². The van der Waals surface area contributed by atoms with E-state index in [2.05, 4.69) is 4.98 Å². The molecule has 0 spiro atoms. The molecule has 1 aromatic carbocycles. The van der Waals surface area contributed by atoms with Gasteiger partial charge in [-0.3, -0.25) is 0 Å². The summed E-state index contributed by atoms with van der Waals surface area (Å²) < 4.78 is 29.7. The molecule has 0 saturated heterocycles. The van der Waals surface area contributed by atoms with Crippen LogP contribution in [-0.4, -0.2) is 13.4 Å². The predicted molar refractivity (Wildman–Crippen MR) is 72.9 cm³/mol. The third-order valence-corrected chi connectivity index (χ3v) is 4.50. The molecule has 0 fully saturated rings. The Kier molecular flexibility index (Phi) is 3.96. The Labute approximate surface area is 117 Å². The van der Waals surface area contributed by atoms with Gasteiger partial charge in [0.15, 0.2) is 9.84 Å². The van der Waals surface area contributed by atoms with Crippen molar-refractivity contribution in [2.75, 3.05) is 0 Å². The molecule has 0 atom stereocenters. The normalized spacial score (nSPS) is 12.0. The maximum Gasteiger partial charge on any atom is 0.209 e. The number of benzene rings is 1. The van der Waals surface area contributed by atoms with Gasteiger partial charge >= 0.3 is 0 Å². The molecule has 0 unspecified atom stereocenters. The van der Waals surface area contributed by atoms with E-state index in [-0.39, 0.29) is 22.5 Å². The molecule has 0 saturated carbocycles. The third kappa shape index (κ3) is 3.36. The zero-order valence-corrected chi connectivity index (χ0v) is 12.2. The zero-order valence-electron chi connectivity index (χ0n) is 10.6. The van der Waals surface area contributed by atoms with E-state index in [1.807, 2.05) is 13.8 Å². The number of oxazole rings is 1. The van der Waals surface area contributed by atoms with Gasteiger partial charge in [-0.25, -0.2) is 13.4 Å². The highest BCUT2D eigenvalue weighted by molar-refractivity contribution is 7.90. The van der Waals surface area contributed by atoms with Crippen LogP contribution in [0.1, 0.15) is 31.4 Å². The molecule has 0 radical (unpaired) electrons. The number of nitrogens with zero attached hydrogens (tertiary/aromatic N) is 1. The van der Waals surface area contributed by atoms with Gasteiger partial charge in [-0.1, -0.05) is 25.4 Å². The summed E-state index contributed by atoms with van der Waals surface area (Å²) in [6, 6.07) is 6.04. The lowest BCUT2D eigenvalue weighted by Crippen LogP contribution is -2.05. The topological polar surface area (TPSA) is 60.2 Å². The van der Waals surface area contributed by atoms with Crippen molar-refractivity contribution >= 4 is 21.4 Å². The van der Waals surface area contributed by atoms with E-state index in [4.69, 9.17) is 16.0 Å². The molecule has 0 aliphatic rings. The summed E-state index contributed by atoms with van der Waals surface area (Å²) in [7, 11) is -3.46. The van der Waals surface area contributed by atoms with Crippen LogP contribution < -0.4 is 0 Å². The maximum absolute atomic E-state index is 12.1. The van der Waals surface area contributed by atoms with E-state index < -0.39 is 9.84 Å². The molecule has 1 heterocycles. The van der Waals surface area contributed by atoms with Gasteiger partial charge in [0.1, 0.15) is 11.5 Å². The second kappa shape index (κ2) is 5.35. The molecule has 1 aromatic heterocycles. The lowest BCUT2D eigenvalue weighted by Gasteiger charge is -2.02. The molecule has 6 heteroatoms. The first-order valence-corrected chi connectivity index (χ1v) is 7.84. The number of sulfone groups is 1. The molecule has 4 nitrogen and oxygen atoms in total. The molecule has 19 heavy (non-hydrogen) atoms. The summed E-state index contributed by atoms with van der Waals surface area (Å²) >= 11 is 5.73. The van der Waals surface area contributed by atoms with Gasteiger partial charge in [0, 0.05) is 10.9 Å². The van der Waals surface area contributed by atoms with Gasteiger partial charge in [-0.2, -0.15) is 0 Å². The van der Waals surface area contributed by atoms with Crippen LogP contribution in [0, 0.1) is 0 Å². The van der Waals surface area contributed by atoms with Crippen LogP contribution in [-0.2, 0) is 15.6 Å². The third-order valence-electron chi connectivity index (χ3n) is 2.63. The number of rotatable bonds is 4.